The largest absolute Gasteiger partial charge is 0.371 e. The number of amides is 1. The second-order valence-corrected chi connectivity index (χ2v) is 4.90. The summed E-state index contributed by atoms with van der Waals surface area (Å²) in [5.74, 6) is -0.0123. The SMILES string of the molecule is Cl.O=C(COCCc1ccccc1)NC1CCCNC1. The Morgan fingerprint density at radius 3 is 2.85 bits per heavy atom. The van der Waals surface area contributed by atoms with Gasteiger partial charge in [0.25, 0.3) is 0 Å². The molecule has 1 atom stereocenters. The van der Waals surface area contributed by atoms with Crippen molar-refractivity contribution in [1.82, 2.24) is 10.6 Å². The molecule has 1 unspecified atom stereocenters. The van der Waals surface area contributed by atoms with Crippen LogP contribution in [0.15, 0.2) is 30.3 Å². The van der Waals surface area contributed by atoms with Crippen molar-refractivity contribution < 1.29 is 9.53 Å². The third kappa shape index (κ3) is 6.37. The lowest BCUT2D eigenvalue weighted by molar-refractivity contribution is -0.126. The first-order valence-electron chi connectivity index (χ1n) is 6.96. The lowest BCUT2D eigenvalue weighted by atomic mass is 10.1. The molecule has 4 nitrogen and oxygen atoms in total. The van der Waals surface area contributed by atoms with Crippen molar-refractivity contribution in [2.24, 2.45) is 0 Å². The lowest BCUT2D eigenvalue weighted by Crippen LogP contribution is -2.46. The minimum atomic E-state index is -0.0123. The number of benzene rings is 1. The predicted octanol–water partition coefficient (Wildman–Crippen LogP) is 1.54. The van der Waals surface area contributed by atoms with Crippen LogP contribution in [0.5, 0.6) is 0 Å². The van der Waals surface area contributed by atoms with Crippen LogP contribution in [0.2, 0.25) is 0 Å². The Morgan fingerprint density at radius 1 is 1.35 bits per heavy atom. The van der Waals surface area contributed by atoms with Gasteiger partial charge in [-0.25, -0.2) is 0 Å². The molecule has 0 radical (unpaired) electrons. The van der Waals surface area contributed by atoms with Gasteiger partial charge < -0.3 is 15.4 Å². The molecule has 1 saturated heterocycles. The molecular weight excluding hydrogens is 276 g/mol. The summed E-state index contributed by atoms with van der Waals surface area (Å²) in [5, 5.41) is 6.26. The van der Waals surface area contributed by atoms with E-state index in [0.717, 1.165) is 32.4 Å². The quantitative estimate of drug-likeness (QED) is 0.783. The zero-order chi connectivity index (χ0) is 13.3. The first-order valence-corrected chi connectivity index (χ1v) is 6.96. The van der Waals surface area contributed by atoms with E-state index >= 15 is 0 Å². The molecule has 5 heteroatoms. The van der Waals surface area contributed by atoms with Crippen LogP contribution >= 0.6 is 12.4 Å². The van der Waals surface area contributed by atoms with E-state index in [1.165, 1.54) is 5.56 Å². The van der Waals surface area contributed by atoms with Gasteiger partial charge in [-0.15, -0.1) is 12.4 Å². The Morgan fingerprint density at radius 2 is 2.15 bits per heavy atom. The van der Waals surface area contributed by atoms with E-state index in [-0.39, 0.29) is 31.0 Å². The zero-order valence-corrected chi connectivity index (χ0v) is 12.5. The van der Waals surface area contributed by atoms with Gasteiger partial charge in [0.1, 0.15) is 6.61 Å². The van der Waals surface area contributed by atoms with Crippen LogP contribution in [-0.4, -0.2) is 38.3 Å². The van der Waals surface area contributed by atoms with Crippen molar-refractivity contribution in [1.29, 1.82) is 0 Å². The van der Waals surface area contributed by atoms with Gasteiger partial charge >= 0.3 is 0 Å². The second kappa shape index (κ2) is 9.75. The van der Waals surface area contributed by atoms with Crippen molar-refractivity contribution in [2.45, 2.75) is 25.3 Å². The summed E-state index contributed by atoms with van der Waals surface area (Å²) >= 11 is 0. The number of hydrogen-bond acceptors (Lipinski definition) is 3. The Labute approximate surface area is 126 Å². The molecule has 1 aromatic carbocycles. The normalized spacial score (nSPS) is 18.1. The molecular formula is C15H23ClN2O2. The monoisotopic (exact) mass is 298 g/mol. The molecule has 1 fully saturated rings. The first kappa shape index (κ1) is 17.0. The van der Waals surface area contributed by atoms with Crippen LogP contribution in [0.1, 0.15) is 18.4 Å². The summed E-state index contributed by atoms with van der Waals surface area (Å²) in [6, 6.07) is 10.4. The van der Waals surface area contributed by atoms with Gasteiger partial charge in [-0.05, 0) is 31.4 Å². The van der Waals surface area contributed by atoms with Crippen molar-refractivity contribution >= 4 is 18.3 Å². The molecule has 20 heavy (non-hydrogen) atoms. The Balaban J connectivity index is 0.00000200. The number of carbonyl (C=O) groups is 1. The predicted molar refractivity (Wildman–Crippen MR) is 82.2 cm³/mol. The number of hydrogen-bond donors (Lipinski definition) is 2. The van der Waals surface area contributed by atoms with Crippen molar-refractivity contribution in [3.8, 4) is 0 Å². The summed E-state index contributed by atoms with van der Waals surface area (Å²) in [7, 11) is 0. The van der Waals surface area contributed by atoms with Crippen molar-refractivity contribution in [3.63, 3.8) is 0 Å². The van der Waals surface area contributed by atoms with Gasteiger partial charge in [0.05, 0.1) is 6.61 Å². The third-order valence-electron chi connectivity index (χ3n) is 3.27. The molecule has 2 N–H and O–H groups in total. The number of ether oxygens (including phenoxy) is 1. The third-order valence-corrected chi connectivity index (χ3v) is 3.27. The fraction of sp³-hybridized carbons (Fsp3) is 0.533. The van der Waals surface area contributed by atoms with Crippen LogP contribution < -0.4 is 10.6 Å². The Hall–Kier alpha value is -1.10. The molecule has 1 aliphatic heterocycles. The standard InChI is InChI=1S/C15H22N2O2.ClH/c18-15(17-14-7-4-9-16-11-14)12-19-10-8-13-5-2-1-3-6-13;/h1-3,5-6,14,16H,4,7-12H2,(H,17,18);1H. The number of nitrogens with one attached hydrogen (secondary N) is 2. The fourth-order valence-electron chi connectivity index (χ4n) is 2.24. The van der Waals surface area contributed by atoms with Crippen molar-refractivity contribution in [3.05, 3.63) is 35.9 Å². The maximum Gasteiger partial charge on any atom is 0.246 e. The van der Waals surface area contributed by atoms with Crippen molar-refractivity contribution in [2.75, 3.05) is 26.3 Å². The molecule has 0 bridgehead atoms. The molecule has 0 aromatic heterocycles. The average Bonchev–Trinajstić information content (AvgIpc) is 2.46. The molecule has 1 aromatic rings. The highest BCUT2D eigenvalue weighted by molar-refractivity contribution is 5.85. The molecule has 112 valence electrons. The molecule has 0 saturated carbocycles. The summed E-state index contributed by atoms with van der Waals surface area (Å²) in [6.07, 6.45) is 3.03. The van der Waals surface area contributed by atoms with Crippen LogP contribution in [0, 0.1) is 0 Å². The van der Waals surface area contributed by atoms with Gasteiger partial charge in [-0.3, -0.25) is 4.79 Å². The van der Waals surface area contributed by atoms with E-state index in [2.05, 4.69) is 22.8 Å². The van der Waals surface area contributed by atoms with E-state index in [4.69, 9.17) is 4.74 Å². The van der Waals surface area contributed by atoms with E-state index in [9.17, 15) is 4.79 Å². The summed E-state index contributed by atoms with van der Waals surface area (Å²) in [6.45, 7) is 2.67. The Kier molecular flexibility index (Phi) is 8.26. The van der Waals surface area contributed by atoms with Gasteiger partial charge in [0, 0.05) is 12.6 Å². The molecule has 1 aliphatic rings. The first-order chi connectivity index (χ1) is 9.34. The maximum absolute atomic E-state index is 11.7. The van der Waals surface area contributed by atoms with Gasteiger partial charge in [0.15, 0.2) is 0 Å². The number of halogens is 1. The zero-order valence-electron chi connectivity index (χ0n) is 11.6. The highest BCUT2D eigenvalue weighted by Gasteiger charge is 2.14. The minimum Gasteiger partial charge on any atom is -0.371 e. The second-order valence-electron chi connectivity index (χ2n) is 4.90. The molecule has 0 aliphatic carbocycles. The van der Waals surface area contributed by atoms with Crippen LogP contribution in [-0.2, 0) is 16.0 Å². The highest BCUT2D eigenvalue weighted by Crippen LogP contribution is 2.01. The van der Waals surface area contributed by atoms with Gasteiger partial charge in [-0.2, -0.15) is 0 Å². The number of piperidine rings is 1. The summed E-state index contributed by atoms with van der Waals surface area (Å²) < 4.78 is 5.41. The van der Waals surface area contributed by atoms with E-state index in [1.807, 2.05) is 18.2 Å². The van der Waals surface area contributed by atoms with E-state index in [0.29, 0.717) is 6.61 Å². The number of carbonyl (C=O) groups excluding carboxylic acids is 1. The van der Waals surface area contributed by atoms with Crippen LogP contribution in [0.3, 0.4) is 0 Å². The summed E-state index contributed by atoms with van der Waals surface area (Å²) in [5.41, 5.74) is 1.24. The molecule has 1 amide bonds. The van der Waals surface area contributed by atoms with E-state index < -0.39 is 0 Å². The Bertz CT molecular complexity index is 381. The topological polar surface area (TPSA) is 50.4 Å². The minimum absolute atomic E-state index is 0. The number of rotatable bonds is 6. The molecule has 0 spiro atoms. The fourth-order valence-corrected chi connectivity index (χ4v) is 2.24. The van der Waals surface area contributed by atoms with Crippen LogP contribution in [0.4, 0.5) is 0 Å². The maximum atomic E-state index is 11.7. The molecule has 2 rings (SSSR count). The highest BCUT2D eigenvalue weighted by atomic mass is 35.5. The molecule has 1 heterocycles. The smallest absolute Gasteiger partial charge is 0.246 e. The summed E-state index contributed by atoms with van der Waals surface area (Å²) in [4.78, 5) is 11.7. The van der Waals surface area contributed by atoms with Crippen LogP contribution in [0.25, 0.3) is 0 Å². The van der Waals surface area contributed by atoms with E-state index in [1.54, 1.807) is 0 Å². The van der Waals surface area contributed by atoms with Gasteiger partial charge in [0.2, 0.25) is 5.91 Å². The lowest BCUT2D eigenvalue weighted by Gasteiger charge is -2.23. The van der Waals surface area contributed by atoms with Gasteiger partial charge in [-0.1, -0.05) is 30.3 Å². The average molecular weight is 299 g/mol.